The van der Waals surface area contributed by atoms with Crippen molar-refractivity contribution in [2.75, 3.05) is 6.54 Å². The number of rotatable bonds is 5. The molecule has 0 saturated carbocycles. The highest BCUT2D eigenvalue weighted by atomic mass is 35.5. The van der Waals surface area contributed by atoms with Crippen molar-refractivity contribution in [3.05, 3.63) is 34.9 Å². The van der Waals surface area contributed by atoms with Crippen molar-refractivity contribution >= 4 is 11.6 Å². The first-order valence-electron chi connectivity index (χ1n) is 5.18. The van der Waals surface area contributed by atoms with Crippen molar-refractivity contribution in [3.63, 3.8) is 0 Å². The summed E-state index contributed by atoms with van der Waals surface area (Å²) in [5.74, 6) is 0.734. The van der Waals surface area contributed by atoms with Crippen LogP contribution in [0.3, 0.4) is 0 Å². The maximum Gasteiger partial charge on any atom is 0.0450 e. The van der Waals surface area contributed by atoms with Crippen LogP contribution in [0, 0.1) is 5.92 Å². The predicted octanol–water partition coefficient (Wildman–Crippen LogP) is 3.48. The van der Waals surface area contributed by atoms with E-state index in [0.717, 1.165) is 24.0 Å². The second-order valence-corrected chi connectivity index (χ2v) is 4.14. The minimum Gasteiger partial charge on any atom is -0.312 e. The maximum atomic E-state index is 6.03. The Kier molecular flexibility index (Phi) is 4.99. The number of nitrogens with one attached hydrogen (secondary N) is 1. The first-order valence-corrected chi connectivity index (χ1v) is 5.56. The third kappa shape index (κ3) is 3.69. The smallest absolute Gasteiger partial charge is 0.0450 e. The van der Waals surface area contributed by atoms with Gasteiger partial charge in [-0.3, -0.25) is 0 Å². The van der Waals surface area contributed by atoms with Crippen molar-refractivity contribution in [1.29, 1.82) is 0 Å². The van der Waals surface area contributed by atoms with Crippen molar-refractivity contribution in [3.8, 4) is 0 Å². The van der Waals surface area contributed by atoms with Crippen LogP contribution >= 0.6 is 11.6 Å². The van der Waals surface area contributed by atoms with Gasteiger partial charge in [0.1, 0.15) is 0 Å². The van der Waals surface area contributed by atoms with Crippen molar-refractivity contribution in [1.82, 2.24) is 5.32 Å². The quantitative estimate of drug-likeness (QED) is 0.787. The van der Waals surface area contributed by atoms with Gasteiger partial charge in [-0.15, -0.1) is 0 Å². The van der Waals surface area contributed by atoms with E-state index >= 15 is 0 Å². The van der Waals surface area contributed by atoms with E-state index in [4.69, 9.17) is 11.6 Å². The van der Waals surface area contributed by atoms with Gasteiger partial charge < -0.3 is 5.32 Å². The van der Waals surface area contributed by atoms with Crippen molar-refractivity contribution in [2.24, 2.45) is 5.92 Å². The molecule has 0 aliphatic rings. The summed E-state index contributed by atoms with van der Waals surface area (Å²) in [6.07, 6.45) is 1.22. The Morgan fingerprint density at radius 1 is 1.36 bits per heavy atom. The molecule has 0 aromatic heterocycles. The van der Waals surface area contributed by atoms with Crippen LogP contribution in [0.25, 0.3) is 0 Å². The van der Waals surface area contributed by atoms with E-state index in [1.165, 1.54) is 12.0 Å². The van der Waals surface area contributed by atoms with E-state index in [1.54, 1.807) is 0 Å². The Labute approximate surface area is 91.5 Å². The molecule has 0 radical (unpaired) electrons. The van der Waals surface area contributed by atoms with Crippen molar-refractivity contribution in [2.45, 2.75) is 26.8 Å². The molecular formula is C12H18ClN. The van der Waals surface area contributed by atoms with Crippen LogP contribution < -0.4 is 5.32 Å². The highest BCUT2D eigenvalue weighted by Crippen LogP contribution is 2.14. The third-order valence-electron chi connectivity index (χ3n) is 2.46. The van der Waals surface area contributed by atoms with E-state index < -0.39 is 0 Å². The largest absolute Gasteiger partial charge is 0.312 e. The summed E-state index contributed by atoms with van der Waals surface area (Å²) in [6, 6.07) is 7.97. The fourth-order valence-electron chi connectivity index (χ4n) is 1.24. The van der Waals surface area contributed by atoms with Gasteiger partial charge in [-0.05, 0) is 24.1 Å². The molecule has 0 aliphatic carbocycles. The van der Waals surface area contributed by atoms with Gasteiger partial charge in [0.05, 0.1) is 0 Å². The fourth-order valence-corrected chi connectivity index (χ4v) is 1.44. The van der Waals surface area contributed by atoms with E-state index in [0.29, 0.717) is 0 Å². The lowest BCUT2D eigenvalue weighted by Gasteiger charge is -2.10. The fraction of sp³-hybridized carbons (Fsp3) is 0.500. The van der Waals surface area contributed by atoms with Gasteiger partial charge in [0.15, 0.2) is 0 Å². The average Bonchev–Trinajstić information content (AvgIpc) is 2.20. The SMILES string of the molecule is CCC(C)CNCc1ccccc1Cl. The predicted molar refractivity (Wildman–Crippen MR) is 62.6 cm³/mol. The number of halogens is 1. The van der Waals surface area contributed by atoms with E-state index in [-0.39, 0.29) is 0 Å². The van der Waals surface area contributed by atoms with E-state index in [1.807, 2.05) is 18.2 Å². The first-order chi connectivity index (χ1) is 6.74. The Morgan fingerprint density at radius 2 is 2.07 bits per heavy atom. The molecule has 2 heteroatoms. The molecule has 0 amide bonds. The monoisotopic (exact) mass is 211 g/mol. The molecule has 0 bridgehead atoms. The van der Waals surface area contributed by atoms with Gasteiger partial charge in [0, 0.05) is 11.6 Å². The topological polar surface area (TPSA) is 12.0 Å². The minimum atomic E-state index is 0.734. The molecule has 1 atom stereocenters. The molecule has 14 heavy (non-hydrogen) atoms. The molecule has 0 spiro atoms. The lowest BCUT2D eigenvalue weighted by atomic mass is 10.1. The highest BCUT2D eigenvalue weighted by molar-refractivity contribution is 6.31. The van der Waals surface area contributed by atoms with Crippen LogP contribution in [0.1, 0.15) is 25.8 Å². The molecule has 1 unspecified atom stereocenters. The van der Waals surface area contributed by atoms with Crippen LogP contribution in [0.2, 0.25) is 5.02 Å². The standard InChI is InChI=1S/C12H18ClN/c1-3-10(2)8-14-9-11-6-4-5-7-12(11)13/h4-7,10,14H,3,8-9H2,1-2H3. The minimum absolute atomic E-state index is 0.734. The summed E-state index contributed by atoms with van der Waals surface area (Å²) in [7, 11) is 0. The molecule has 78 valence electrons. The normalized spacial score (nSPS) is 12.8. The van der Waals surface area contributed by atoms with Gasteiger partial charge in [-0.1, -0.05) is 50.1 Å². The lowest BCUT2D eigenvalue weighted by molar-refractivity contribution is 0.500. The zero-order valence-electron chi connectivity index (χ0n) is 8.89. The second kappa shape index (κ2) is 6.05. The first kappa shape index (κ1) is 11.5. The van der Waals surface area contributed by atoms with E-state index in [2.05, 4.69) is 25.2 Å². The Morgan fingerprint density at radius 3 is 2.71 bits per heavy atom. The summed E-state index contributed by atoms with van der Waals surface area (Å²) < 4.78 is 0. The van der Waals surface area contributed by atoms with Crippen LogP contribution in [0.5, 0.6) is 0 Å². The van der Waals surface area contributed by atoms with Crippen LogP contribution in [-0.2, 0) is 6.54 Å². The highest BCUT2D eigenvalue weighted by Gasteiger charge is 2.00. The van der Waals surface area contributed by atoms with Gasteiger partial charge in [0.2, 0.25) is 0 Å². The Balaban J connectivity index is 2.35. The molecule has 1 aromatic rings. The van der Waals surface area contributed by atoms with Gasteiger partial charge in [-0.2, -0.15) is 0 Å². The Bertz CT molecular complexity index is 273. The Hall–Kier alpha value is -0.530. The molecule has 0 aliphatic heterocycles. The molecule has 1 aromatic carbocycles. The molecule has 0 saturated heterocycles. The van der Waals surface area contributed by atoms with Gasteiger partial charge in [0.25, 0.3) is 0 Å². The molecule has 1 N–H and O–H groups in total. The summed E-state index contributed by atoms with van der Waals surface area (Å²) in [5.41, 5.74) is 1.18. The van der Waals surface area contributed by atoms with Crippen LogP contribution in [-0.4, -0.2) is 6.54 Å². The number of hydrogen-bond acceptors (Lipinski definition) is 1. The molecule has 0 fully saturated rings. The zero-order valence-corrected chi connectivity index (χ0v) is 9.64. The summed E-state index contributed by atoms with van der Waals surface area (Å²) >= 11 is 6.03. The van der Waals surface area contributed by atoms with E-state index in [9.17, 15) is 0 Å². The average molecular weight is 212 g/mol. The summed E-state index contributed by atoms with van der Waals surface area (Å²) in [6.45, 7) is 6.38. The zero-order chi connectivity index (χ0) is 10.4. The summed E-state index contributed by atoms with van der Waals surface area (Å²) in [5, 5.41) is 4.26. The third-order valence-corrected chi connectivity index (χ3v) is 2.83. The molecular weight excluding hydrogens is 194 g/mol. The lowest BCUT2D eigenvalue weighted by Crippen LogP contribution is -2.20. The molecule has 1 nitrogen and oxygen atoms in total. The van der Waals surface area contributed by atoms with Crippen LogP contribution in [0.15, 0.2) is 24.3 Å². The van der Waals surface area contributed by atoms with Gasteiger partial charge in [-0.25, -0.2) is 0 Å². The van der Waals surface area contributed by atoms with Crippen molar-refractivity contribution < 1.29 is 0 Å². The number of hydrogen-bond donors (Lipinski definition) is 1. The molecule has 1 rings (SSSR count). The van der Waals surface area contributed by atoms with Crippen LogP contribution in [0.4, 0.5) is 0 Å². The second-order valence-electron chi connectivity index (χ2n) is 3.74. The number of benzene rings is 1. The maximum absolute atomic E-state index is 6.03. The molecule has 0 heterocycles. The van der Waals surface area contributed by atoms with Gasteiger partial charge >= 0.3 is 0 Å². The summed E-state index contributed by atoms with van der Waals surface area (Å²) in [4.78, 5) is 0.